The van der Waals surface area contributed by atoms with Gasteiger partial charge in [0, 0.05) is 12.8 Å². The maximum absolute atomic E-state index is 12.8. The molecular weight excluding hydrogens is 1010 g/mol. The van der Waals surface area contributed by atoms with E-state index < -0.39 is 32.5 Å². The predicted molar refractivity (Wildman–Crippen MR) is 341 cm³/mol. The largest absolute Gasteiger partial charge is 0.756 e. The first-order chi connectivity index (χ1) is 39.0. The number of hydrogen-bond acceptors (Lipinski definition) is 8. The normalized spacial score (nSPS) is 14.1. The van der Waals surface area contributed by atoms with Gasteiger partial charge in [-0.3, -0.25) is 14.2 Å². The first-order valence-corrected chi connectivity index (χ1v) is 33.4. The number of likely N-dealkylation sites (N-methyl/N-ethyl adjacent to an activating group) is 1. The van der Waals surface area contributed by atoms with E-state index in [9.17, 15) is 19.0 Å². The van der Waals surface area contributed by atoms with Crippen LogP contribution in [0, 0.1) is 0 Å². The number of allylic oxidation sites excluding steroid dienone is 22. The van der Waals surface area contributed by atoms with Crippen molar-refractivity contribution in [2.24, 2.45) is 0 Å². The third kappa shape index (κ3) is 63.3. The predicted octanol–water partition coefficient (Wildman–Crippen LogP) is 19.9. The summed E-state index contributed by atoms with van der Waals surface area (Å²) in [5.41, 5.74) is 0. The Kier molecular flexibility index (Phi) is 56.9. The average Bonchev–Trinajstić information content (AvgIpc) is 3.42. The van der Waals surface area contributed by atoms with Gasteiger partial charge in [0.1, 0.15) is 19.8 Å². The number of quaternary nitrogens is 1. The minimum Gasteiger partial charge on any atom is -0.756 e. The van der Waals surface area contributed by atoms with Gasteiger partial charge in [-0.25, -0.2) is 0 Å². The molecule has 0 aliphatic rings. The summed E-state index contributed by atoms with van der Waals surface area (Å²) in [6.07, 6.45) is 86.5. The van der Waals surface area contributed by atoms with Crippen LogP contribution in [0.4, 0.5) is 0 Å². The van der Waals surface area contributed by atoms with E-state index in [1.165, 1.54) is 89.9 Å². The van der Waals surface area contributed by atoms with Crippen LogP contribution in [0.25, 0.3) is 0 Å². The maximum Gasteiger partial charge on any atom is 0.306 e. The molecule has 0 aromatic rings. The summed E-state index contributed by atoms with van der Waals surface area (Å²) < 4.78 is 34.2. The molecule has 0 saturated carbocycles. The summed E-state index contributed by atoms with van der Waals surface area (Å²) in [6, 6.07) is 0. The number of carbonyl (C=O) groups is 2. The fraction of sp³-hybridized carbons (Fsp3) is 0.657. The topological polar surface area (TPSA) is 111 Å². The Balaban J connectivity index is 4.14. The minimum atomic E-state index is -4.65. The molecule has 0 rings (SSSR count). The second kappa shape index (κ2) is 59.8. The van der Waals surface area contributed by atoms with Crippen LogP contribution in [-0.4, -0.2) is 70.0 Å². The van der Waals surface area contributed by atoms with E-state index in [1.807, 2.05) is 21.1 Å². The monoisotopic (exact) mass is 1130 g/mol. The smallest absolute Gasteiger partial charge is 0.306 e. The van der Waals surface area contributed by atoms with Gasteiger partial charge in [-0.1, -0.05) is 257 Å². The minimum absolute atomic E-state index is 0.0391. The van der Waals surface area contributed by atoms with Crippen molar-refractivity contribution in [1.29, 1.82) is 0 Å². The van der Waals surface area contributed by atoms with E-state index in [2.05, 4.69) is 148 Å². The molecule has 9 nitrogen and oxygen atoms in total. The van der Waals surface area contributed by atoms with Crippen LogP contribution in [0.15, 0.2) is 134 Å². The molecule has 0 aliphatic heterocycles. The van der Waals surface area contributed by atoms with Gasteiger partial charge in [0.25, 0.3) is 7.82 Å². The summed E-state index contributed by atoms with van der Waals surface area (Å²) in [5, 5.41) is 0. The molecule has 10 heteroatoms. The summed E-state index contributed by atoms with van der Waals surface area (Å²) in [5.74, 6) is -0.851. The zero-order chi connectivity index (χ0) is 58.4. The summed E-state index contributed by atoms with van der Waals surface area (Å²) in [4.78, 5) is 38.0. The number of nitrogens with zero attached hydrogens (tertiary/aromatic N) is 1. The molecule has 0 N–H and O–H groups in total. The van der Waals surface area contributed by atoms with Crippen molar-refractivity contribution in [3.8, 4) is 0 Å². The highest BCUT2D eigenvalue weighted by Gasteiger charge is 2.22. The highest BCUT2D eigenvalue weighted by Crippen LogP contribution is 2.38. The highest BCUT2D eigenvalue weighted by molar-refractivity contribution is 7.45. The second-order valence-corrected chi connectivity index (χ2v) is 23.4. The van der Waals surface area contributed by atoms with Crippen LogP contribution >= 0.6 is 7.82 Å². The van der Waals surface area contributed by atoms with Crippen LogP contribution in [0.3, 0.4) is 0 Å². The van der Waals surface area contributed by atoms with E-state index in [0.717, 1.165) is 116 Å². The van der Waals surface area contributed by atoms with E-state index in [0.29, 0.717) is 23.9 Å². The van der Waals surface area contributed by atoms with Gasteiger partial charge in [0.15, 0.2) is 6.10 Å². The summed E-state index contributed by atoms with van der Waals surface area (Å²) >= 11 is 0. The van der Waals surface area contributed by atoms with Crippen molar-refractivity contribution in [3.05, 3.63) is 134 Å². The molecule has 2 unspecified atom stereocenters. The Labute approximate surface area is 491 Å². The van der Waals surface area contributed by atoms with Crippen molar-refractivity contribution >= 4 is 19.8 Å². The van der Waals surface area contributed by atoms with Gasteiger partial charge in [-0.2, -0.15) is 0 Å². The van der Waals surface area contributed by atoms with Crippen molar-refractivity contribution in [2.45, 2.75) is 251 Å². The third-order valence-corrected chi connectivity index (χ3v) is 14.1. The number of phosphoric acid groups is 1. The van der Waals surface area contributed by atoms with E-state index in [-0.39, 0.29) is 26.1 Å². The van der Waals surface area contributed by atoms with Crippen LogP contribution < -0.4 is 4.89 Å². The zero-order valence-corrected chi connectivity index (χ0v) is 52.6. The van der Waals surface area contributed by atoms with Gasteiger partial charge in [-0.05, 0) is 109 Å². The van der Waals surface area contributed by atoms with E-state index in [4.69, 9.17) is 18.5 Å². The Morgan fingerprint density at radius 2 is 0.675 bits per heavy atom. The van der Waals surface area contributed by atoms with Gasteiger partial charge < -0.3 is 27.9 Å². The van der Waals surface area contributed by atoms with E-state index >= 15 is 0 Å². The van der Waals surface area contributed by atoms with Crippen molar-refractivity contribution in [3.63, 3.8) is 0 Å². The molecule has 0 heterocycles. The number of esters is 2. The Morgan fingerprint density at radius 1 is 0.388 bits per heavy atom. The van der Waals surface area contributed by atoms with Gasteiger partial charge >= 0.3 is 11.9 Å². The average molecular weight is 1130 g/mol. The molecule has 2 atom stereocenters. The Morgan fingerprint density at radius 3 is 1.00 bits per heavy atom. The maximum atomic E-state index is 12.8. The Bertz CT molecular complexity index is 1810. The fourth-order valence-corrected chi connectivity index (χ4v) is 9.06. The third-order valence-electron chi connectivity index (χ3n) is 13.2. The number of phosphoric ester groups is 1. The second-order valence-electron chi connectivity index (χ2n) is 22.0. The molecule has 0 aliphatic carbocycles. The molecule has 0 aromatic carbocycles. The first-order valence-electron chi connectivity index (χ1n) is 31.9. The zero-order valence-electron chi connectivity index (χ0n) is 51.7. The fourth-order valence-electron chi connectivity index (χ4n) is 8.33. The number of carbonyl (C=O) groups excluding carboxylic acids is 2. The van der Waals surface area contributed by atoms with Crippen molar-refractivity contribution < 1.29 is 42.1 Å². The van der Waals surface area contributed by atoms with Crippen molar-refractivity contribution in [2.75, 3.05) is 47.5 Å². The van der Waals surface area contributed by atoms with Gasteiger partial charge in [0.05, 0.1) is 27.7 Å². The molecule has 0 aromatic heterocycles. The summed E-state index contributed by atoms with van der Waals surface area (Å²) in [6.45, 7) is 4.00. The van der Waals surface area contributed by atoms with Gasteiger partial charge in [0.2, 0.25) is 0 Å². The van der Waals surface area contributed by atoms with Crippen LogP contribution in [0.2, 0.25) is 0 Å². The lowest BCUT2D eigenvalue weighted by atomic mass is 10.0. The highest BCUT2D eigenvalue weighted by atomic mass is 31.2. The van der Waals surface area contributed by atoms with Crippen LogP contribution in [0.5, 0.6) is 0 Å². The first kappa shape index (κ1) is 76.1. The van der Waals surface area contributed by atoms with Crippen LogP contribution in [0.1, 0.15) is 245 Å². The Hall–Kier alpha value is -3.85. The van der Waals surface area contributed by atoms with E-state index in [1.54, 1.807) is 0 Å². The molecule has 0 spiro atoms. The lowest BCUT2D eigenvalue weighted by molar-refractivity contribution is -0.870. The van der Waals surface area contributed by atoms with Crippen LogP contribution in [-0.2, 0) is 32.7 Å². The molecule has 0 saturated heterocycles. The molecule has 0 amide bonds. The molecule has 0 bridgehead atoms. The number of hydrogen-bond donors (Lipinski definition) is 0. The standard InChI is InChI=1S/C70H118NO8P/c1-6-8-10-12-14-16-18-20-22-24-26-28-30-31-32-33-34-35-36-37-38-39-41-43-45-47-49-51-53-55-57-59-61-63-70(73)79-68(67-78-80(74,75)77-65-64-71(3,4)5)66-76-69(72)62-60-58-56-54-52-50-48-46-44-42-40-29-27-25-23-21-19-17-15-13-11-9-7-2/h8-11,14-17,20-23,26-29,31-32,34-35,42,44,68H,6-7,12-13,18-19,24-25,30,33,36-41,43,45-67H2,1-5H3/b10-8-,11-9-,16-14-,17-15-,22-20-,23-21-,28-26-,29-27-,32-31-,35-34-,44-42-. The van der Waals surface area contributed by atoms with Gasteiger partial charge in [-0.15, -0.1) is 0 Å². The lowest BCUT2D eigenvalue weighted by Gasteiger charge is -2.28. The quantitative estimate of drug-likeness (QED) is 0.0195. The lowest BCUT2D eigenvalue weighted by Crippen LogP contribution is -2.37. The summed E-state index contributed by atoms with van der Waals surface area (Å²) in [7, 11) is 1.15. The molecular formula is C70H118NO8P. The molecule has 456 valence electrons. The number of ether oxygens (including phenoxy) is 2. The molecule has 80 heavy (non-hydrogen) atoms. The number of unbranched alkanes of at least 4 members (excludes halogenated alkanes) is 21. The molecule has 0 radical (unpaired) electrons. The SMILES string of the molecule is CC/C=C\C/C=C\C/C=C\C/C=C\C/C=C\C/C=C\CCCCCCCCCCCCCCCCC(=O)OC(COC(=O)CCCCCCCCC/C=C\C/C=C\C/C=C\C/C=C\C/C=C\CC)COP(=O)([O-])OCC[N+](C)(C)C. The van der Waals surface area contributed by atoms with Crippen molar-refractivity contribution in [1.82, 2.24) is 0 Å². The number of rotatable bonds is 57. The molecule has 0 fully saturated rings.